The lowest BCUT2D eigenvalue weighted by molar-refractivity contribution is -0.142. The van der Waals surface area contributed by atoms with E-state index < -0.39 is 36.0 Å². The molecule has 0 aliphatic heterocycles. The second-order valence-corrected chi connectivity index (χ2v) is 4.37. The lowest BCUT2D eigenvalue weighted by atomic mass is 10.1. The fraction of sp³-hybridized carbons (Fsp3) is 0.636. The molecule has 0 aromatic heterocycles. The maximum absolute atomic E-state index is 11.6. The van der Waals surface area contributed by atoms with Crippen molar-refractivity contribution in [3.63, 3.8) is 0 Å². The highest BCUT2D eigenvalue weighted by Gasteiger charge is 2.23. The fourth-order valence-corrected chi connectivity index (χ4v) is 1.46. The van der Waals surface area contributed by atoms with Crippen LogP contribution < -0.4 is 22.1 Å². The van der Waals surface area contributed by atoms with Gasteiger partial charge in [-0.1, -0.05) is 0 Å². The molecule has 0 rings (SSSR count). The highest BCUT2D eigenvalue weighted by molar-refractivity contribution is 5.87. The highest BCUT2D eigenvalue weighted by atomic mass is 16.4. The van der Waals surface area contributed by atoms with Crippen molar-refractivity contribution in [3.05, 3.63) is 0 Å². The summed E-state index contributed by atoms with van der Waals surface area (Å²) in [6.07, 6.45) is 0.00312. The van der Waals surface area contributed by atoms with Crippen LogP contribution in [0.1, 0.15) is 25.7 Å². The van der Waals surface area contributed by atoms with Gasteiger partial charge >= 0.3 is 18.0 Å². The van der Waals surface area contributed by atoms with Crippen molar-refractivity contribution in [2.24, 2.45) is 11.5 Å². The van der Waals surface area contributed by atoms with Crippen molar-refractivity contribution in [1.29, 1.82) is 0 Å². The average Bonchev–Trinajstić information content (AvgIpc) is 2.38. The van der Waals surface area contributed by atoms with Gasteiger partial charge in [-0.15, -0.1) is 0 Å². The van der Waals surface area contributed by atoms with Gasteiger partial charge in [-0.2, -0.15) is 0 Å². The summed E-state index contributed by atoms with van der Waals surface area (Å²) in [5.41, 5.74) is 10.3. The van der Waals surface area contributed by atoms with Crippen LogP contribution in [0.2, 0.25) is 0 Å². The molecule has 10 nitrogen and oxygen atoms in total. The minimum absolute atomic E-state index is 0.0764. The maximum atomic E-state index is 11.6. The Morgan fingerprint density at radius 3 is 2.19 bits per heavy atom. The van der Waals surface area contributed by atoms with E-state index in [1.807, 2.05) is 0 Å². The van der Waals surface area contributed by atoms with Gasteiger partial charge in [-0.3, -0.25) is 9.59 Å². The maximum Gasteiger partial charge on any atom is 0.326 e. The molecule has 0 aliphatic carbocycles. The van der Waals surface area contributed by atoms with E-state index in [9.17, 15) is 19.2 Å². The molecule has 3 amide bonds. The molecule has 0 bridgehead atoms. The molecule has 0 fully saturated rings. The van der Waals surface area contributed by atoms with E-state index >= 15 is 0 Å². The van der Waals surface area contributed by atoms with Gasteiger partial charge in [0.2, 0.25) is 5.91 Å². The second kappa shape index (κ2) is 9.53. The fourth-order valence-electron chi connectivity index (χ4n) is 1.46. The van der Waals surface area contributed by atoms with Crippen LogP contribution in [-0.4, -0.2) is 52.7 Å². The number of nitrogens with two attached hydrogens (primary N) is 2. The van der Waals surface area contributed by atoms with Crippen molar-refractivity contribution in [2.45, 2.75) is 37.8 Å². The summed E-state index contributed by atoms with van der Waals surface area (Å²) >= 11 is 0. The zero-order valence-corrected chi connectivity index (χ0v) is 11.4. The third-order valence-electron chi connectivity index (χ3n) is 2.59. The van der Waals surface area contributed by atoms with Crippen molar-refractivity contribution < 1.29 is 29.4 Å². The Balaban J connectivity index is 4.23. The molecule has 2 unspecified atom stereocenters. The van der Waals surface area contributed by atoms with E-state index in [1.165, 1.54) is 0 Å². The van der Waals surface area contributed by atoms with Crippen molar-refractivity contribution >= 4 is 23.9 Å². The zero-order chi connectivity index (χ0) is 16.4. The number of carbonyl (C=O) groups is 4. The van der Waals surface area contributed by atoms with E-state index in [-0.39, 0.29) is 25.8 Å². The summed E-state index contributed by atoms with van der Waals surface area (Å²) in [4.78, 5) is 43.4. The number of aliphatic carboxylic acids is 2. The van der Waals surface area contributed by atoms with E-state index in [1.54, 1.807) is 0 Å². The Morgan fingerprint density at radius 1 is 1.10 bits per heavy atom. The summed E-state index contributed by atoms with van der Waals surface area (Å²) in [5.74, 6) is -3.06. The minimum atomic E-state index is -1.24. The number of amides is 3. The van der Waals surface area contributed by atoms with Crippen LogP contribution in [0.3, 0.4) is 0 Å². The molecule has 21 heavy (non-hydrogen) atoms. The van der Waals surface area contributed by atoms with Crippen LogP contribution in [0.5, 0.6) is 0 Å². The number of nitrogens with one attached hydrogen (secondary N) is 2. The van der Waals surface area contributed by atoms with Gasteiger partial charge in [0.1, 0.15) is 6.04 Å². The Bertz CT molecular complexity index is 400. The standard InChI is InChI=1S/C11H20N4O6/c12-6(3-4-8(16)17)9(18)15-7(10(19)20)2-1-5-14-11(13)21/h6-7H,1-5,12H2,(H,15,18)(H,16,17)(H,19,20)(H3,13,14,21). The molecule has 0 saturated heterocycles. The molecule has 0 saturated carbocycles. The number of rotatable bonds is 10. The Hall–Kier alpha value is -2.36. The van der Waals surface area contributed by atoms with Gasteiger partial charge < -0.3 is 32.3 Å². The van der Waals surface area contributed by atoms with Gasteiger partial charge in [0.05, 0.1) is 6.04 Å². The van der Waals surface area contributed by atoms with E-state index in [4.69, 9.17) is 21.7 Å². The molecule has 0 aliphatic rings. The largest absolute Gasteiger partial charge is 0.481 e. The van der Waals surface area contributed by atoms with Crippen molar-refractivity contribution in [2.75, 3.05) is 6.54 Å². The van der Waals surface area contributed by atoms with Crippen LogP contribution in [0, 0.1) is 0 Å². The first-order valence-corrected chi connectivity index (χ1v) is 6.28. The Kier molecular flexibility index (Phi) is 8.46. The van der Waals surface area contributed by atoms with Crippen LogP contribution in [-0.2, 0) is 14.4 Å². The SMILES string of the molecule is NC(=O)NCCCC(NC(=O)C(N)CCC(=O)O)C(=O)O. The van der Waals surface area contributed by atoms with Gasteiger partial charge in [-0.05, 0) is 19.3 Å². The lowest BCUT2D eigenvalue weighted by Crippen LogP contribution is -2.48. The normalized spacial score (nSPS) is 13.0. The van der Waals surface area contributed by atoms with Gasteiger partial charge in [0.15, 0.2) is 0 Å². The molecule has 0 heterocycles. The average molecular weight is 304 g/mol. The number of urea groups is 1. The molecule has 0 aromatic carbocycles. The third kappa shape index (κ3) is 9.21. The molecule has 10 heteroatoms. The number of carbonyl (C=O) groups excluding carboxylic acids is 2. The Labute approximate surface area is 120 Å². The Morgan fingerprint density at radius 2 is 1.71 bits per heavy atom. The first kappa shape index (κ1) is 18.6. The van der Waals surface area contributed by atoms with Crippen LogP contribution >= 0.6 is 0 Å². The molecule has 0 spiro atoms. The quantitative estimate of drug-likeness (QED) is 0.257. The molecule has 0 aromatic rings. The van der Waals surface area contributed by atoms with Gasteiger partial charge in [0.25, 0.3) is 0 Å². The molecule has 2 atom stereocenters. The topological polar surface area (TPSA) is 185 Å². The van der Waals surface area contributed by atoms with Crippen molar-refractivity contribution in [3.8, 4) is 0 Å². The molecule has 0 radical (unpaired) electrons. The number of carboxylic acids is 2. The van der Waals surface area contributed by atoms with Crippen LogP contribution in [0.25, 0.3) is 0 Å². The number of hydrogen-bond donors (Lipinski definition) is 6. The molecule has 120 valence electrons. The summed E-state index contributed by atoms with van der Waals surface area (Å²) < 4.78 is 0. The van der Waals surface area contributed by atoms with E-state index in [0.717, 1.165) is 0 Å². The number of hydrogen-bond acceptors (Lipinski definition) is 5. The first-order valence-electron chi connectivity index (χ1n) is 6.28. The number of carboxylic acid groups (broad SMARTS) is 2. The monoisotopic (exact) mass is 304 g/mol. The van der Waals surface area contributed by atoms with E-state index in [0.29, 0.717) is 6.42 Å². The summed E-state index contributed by atoms with van der Waals surface area (Å²) in [5, 5.41) is 22.0. The summed E-state index contributed by atoms with van der Waals surface area (Å²) in [6.45, 7) is 0.181. The predicted molar refractivity (Wildman–Crippen MR) is 71.2 cm³/mol. The molecular weight excluding hydrogens is 284 g/mol. The smallest absolute Gasteiger partial charge is 0.326 e. The lowest BCUT2D eigenvalue weighted by Gasteiger charge is -2.17. The molecular formula is C11H20N4O6. The zero-order valence-electron chi connectivity index (χ0n) is 11.4. The first-order chi connectivity index (χ1) is 9.73. The number of primary amides is 1. The van der Waals surface area contributed by atoms with Crippen LogP contribution in [0.4, 0.5) is 4.79 Å². The third-order valence-corrected chi connectivity index (χ3v) is 2.59. The van der Waals surface area contributed by atoms with Crippen LogP contribution in [0.15, 0.2) is 0 Å². The van der Waals surface area contributed by atoms with Gasteiger partial charge in [0, 0.05) is 13.0 Å². The minimum Gasteiger partial charge on any atom is -0.481 e. The molecule has 8 N–H and O–H groups in total. The predicted octanol–water partition coefficient (Wildman–Crippen LogP) is -1.80. The van der Waals surface area contributed by atoms with Gasteiger partial charge in [-0.25, -0.2) is 9.59 Å². The summed E-state index contributed by atoms with van der Waals surface area (Å²) in [6, 6.07) is -2.98. The second-order valence-electron chi connectivity index (χ2n) is 4.37. The summed E-state index contributed by atoms with van der Waals surface area (Å²) in [7, 11) is 0. The van der Waals surface area contributed by atoms with E-state index in [2.05, 4.69) is 10.6 Å². The highest BCUT2D eigenvalue weighted by Crippen LogP contribution is 2.00. The van der Waals surface area contributed by atoms with Crippen molar-refractivity contribution in [1.82, 2.24) is 10.6 Å².